The second-order valence-electron chi connectivity index (χ2n) is 5.72. The molecule has 0 atom stereocenters. The number of fused-ring (bicyclic) bond motifs is 1. The number of carbonyl (C=O) groups excluding carboxylic acids is 1. The lowest BCUT2D eigenvalue weighted by Crippen LogP contribution is -2.07. The molecule has 0 unspecified atom stereocenters. The number of benzene rings is 3. The molecule has 0 fully saturated rings. The van der Waals surface area contributed by atoms with Crippen molar-refractivity contribution in [3.8, 4) is 23.0 Å². The minimum atomic E-state index is -0.219. The van der Waals surface area contributed by atoms with Gasteiger partial charge in [-0.15, -0.1) is 0 Å². The Hall–Kier alpha value is -2.73. The van der Waals surface area contributed by atoms with Gasteiger partial charge in [-0.3, -0.25) is 4.79 Å². The van der Waals surface area contributed by atoms with Gasteiger partial charge in [0.1, 0.15) is 11.5 Å². The normalized spacial score (nSPS) is 10.6. The first-order valence-electron chi connectivity index (χ1n) is 8.15. The average molecular weight is 431 g/mol. The second-order valence-corrected chi connectivity index (χ2v) is 6.58. The fraction of sp³-hybridized carbons (Fsp3) is 0.190. The first-order valence-corrected chi connectivity index (χ1v) is 8.94. The van der Waals surface area contributed by atoms with Crippen LogP contribution in [0.3, 0.4) is 0 Å². The standard InChI is InChI=1S/C21H19BrO5/c1-24-17-10-15(21(27-4)13-8-6-5-7-12(13)17)20(23)14-9-18(25-2)19(26-3)11-16(14)22/h5-11H,1-4H3. The Morgan fingerprint density at radius 1 is 0.741 bits per heavy atom. The maximum absolute atomic E-state index is 13.4. The van der Waals surface area contributed by atoms with Gasteiger partial charge in [0.25, 0.3) is 0 Å². The van der Waals surface area contributed by atoms with E-state index in [1.54, 1.807) is 39.5 Å². The molecule has 3 rings (SSSR count). The van der Waals surface area contributed by atoms with Crippen LogP contribution < -0.4 is 18.9 Å². The van der Waals surface area contributed by atoms with Crippen LogP contribution in [-0.2, 0) is 0 Å². The molecule has 3 aromatic carbocycles. The predicted molar refractivity (Wildman–Crippen MR) is 108 cm³/mol. The van der Waals surface area contributed by atoms with Gasteiger partial charge in [-0.25, -0.2) is 0 Å². The second kappa shape index (κ2) is 7.88. The number of ketones is 1. The highest BCUT2D eigenvalue weighted by Crippen LogP contribution is 2.40. The third kappa shape index (κ3) is 3.32. The molecule has 5 nitrogen and oxygen atoms in total. The summed E-state index contributed by atoms with van der Waals surface area (Å²) in [4.78, 5) is 13.4. The minimum absolute atomic E-state index is 0.219. The molecule has 0 spiro atoms. The van der Waals surface area contributed by atoms with Crippen molar-refractivity contribution in [3.63, 3.8) is 0 Å². The van der Waals surface area contributed by atoms with Gasteiger partial charge in [-0.05, 0) is 34.1 Å². The molecule has 0 aliphatic carbocycles. The van der Waals surface area contributed by atoms with Gasteiger partial charge < -0.3 is 18.9 Å². The van der Waals surface area contributed by atoms with Crippen molar-refractivity contribution in [3.05, 3.63) is 58.1 Å². The first-order chi connectivity index (χ1) is 13.0. The van der Waals surface area contributed by atoms with Crippen LogP contribution in [0.15, 0.2) is 46.9 Å². The van der Waals surface area contributed by atoms with Crippen molar-refractivity contribution in [2.45, 2.75) is 0 Å². The SMILES string of the molecule is COc1cc(Br)c(C(=O)c2cc(OC)c3ccccc3c2OC)cc1OC. The largest absolute Gasteiger partial charge is 0.496 e. The van der Waals surface area contributed by atoms with Gasteiger partial charge in [0.15, 0.2) is 17.3 Å². The van der Waals surface area contributed by atoms with Gasteiger partial charge in [-0.1, -0.05) is 24.3 Å². The predicted octanol–water partition coefficient (Wildman–Crippen LogP) is 4.87. The number of hydrogen-bond donors (Lipinski definition) is 0. The summed E-state index contributed by atoms with van der Waals surface area (Å²) in [5.74, 6) is 1.88. The monoisotopic (exact) mass is 430 g/mol. The summed E-state index contributed by atoms with van der Waals surface area (Å²) in [5, 5.41) is 1.68. The zero-order valence-corrected chi connectivity index (χ0v) is 17.0. The van der Waals surface area contributed by atoms with Crippen molar-refractivity contribution < 1.29 is 23.7 Å². The molecule has 0 heterocycles. The zero-order chi connectivity index (χ0) is 19.6. The quantitative estimate of drug-likeness (QED) is 0.522. The summed E-state index contributed by atoms with van der Waals surface area (Å²) >= 11 is 3.45. The van der Waals surface area contributed by atoms with E-state index in [2.05, 4.69) is 15.9 Å². The van der Waals surface area contributed by atoms with Crippen molar-refractivity contribution in [2.75, 3.05) is 28.4 Å². The molecule has 0 saturated heterocycles. The molecule has 27 heavy (non-hydrogen) atoms. The smallest absolute Gasteiger partial charge is 0.198 e. The highest BCUT2D eigenvalue weighted by atomic mass is 79.9. The molecule has 0 amide bonds. The van der Waals surface area contributed by atoms with Gasteiger partial charge in [-0.2, -0.15) is 0 Å². The van der Waals surface area contributed by atoms with Crippen LogP contribution in [0.2, 0.25) is 0 Å². The number of hydrogen-bond acceptors (Lipinski definition) is 5. The molecule has 6 heteroatoms. The lowest BCUT2D eigenvalue weighted by molar-refractivity contribution is 0.103. The summed E-state index contributed by atoms with van der Waals surface area (Å²) in [7, 11) is 6.20. The third-order valence-corrected chi connectivity index (χ3v) is 5.00. The Labute approximate surface area is 165 Å². The highest BCUT2D eigenvalue weighted by molar-refractivity contribution is 9.10. The van der Waals surface area contributed by atoms with Crippen LogP contribution in [0.1, 0.15) is 15.9 Å². The van der Waals surface area contributed by atoms with Gasteiger partial charge in [0.2, 0.25) is 0 Å². The van der Waals surface area contributed by atoms with E-state index in [4.69, 9.17) is 18.9 Å². The summed E-state index contributed by atoms with van der Waals surface area (Å²) in [5.41, 5.74) is 0.837. The minimum Gasteiger partial charge on any atom is -0.496 e. The summed E-state index contributed by atoms with van der Waals surface area (Å²) < 4.78 is 22.3. The molecule has 0 N–H and O–H groups in total. The molecule has 0 aromatic heterocycles. The van der Waals surface area contributed by atoms with E-state index in [1.165, 1.54) is 7.11 Å². The zero-order valence-electron chi connectivity index (χ0n) is 15.5. The number of methoxy groups -OCH3 is 4. The fourth-order valence-electron chi connectivity index (χ4n) is 3.05. The lowest BCUT2D eigenvalue weighted by atomic mass is 9.97. The molecule has 0 radical (unpaired) electrons. The Morgan fingerprint density at radius 2 is 1.30 bits per heavy atom. The molecule has 0 bridgehead atoms. The van der Waals surface area contributed by atoms with Gasteiger partial charge in [0.05, 0.1) is 34.0 Å². The number of halogens is 1. The number of carbonyl (C=O) groups is 1. The summed E-state index contributed by atoms with van der Waals surface area (Å²) in [6.07, 6.45) is 0. The Bertz CT molecular complexity index is 1010. The van der Waals surface area contributed by atoms with Crippen molar-refractivity contribution in [2.24, 2.45) is 0 Å². The van der Waals surface area contributed by atoms with E-state index < -0.39 is 0 Å². The van der Waals surface area contributed by atoms with E-state index in [9.17, 15) is 4.79 Å². The van der Waals surface area contributed by atoms with E-state index in [0.717, 1.165) is 10.8 Å². The van der Waals surface area contributed by atoms with E-state index in [1.807, 2.05) is 24.3 Å². The molecular formula is C21H19BrO5. The molecular weight excluding hydrogens is 412 g/mol. The van der Waals surface area contributed by atoms with Gasteiger partial charge >= 0.3 is 0 Å². The maximum Gasteiger partial charge on any atom is 0.198 e. The van der Waals surface area contributed by atoms with E-state index in [-0.39, 0.29) is 5.78 Å². The molecule has 0 saturated carbocycles. The van der Waals surface area contributed by atoms with Crippen LogP contribution >= 0.6 is 15.9 Å². The summed E-state index contributed by atoms with van der Waals surface area (Å²) in [6, 6.07) is 12.7. The summed E-state index contributed by atoms with van der Waals surface area (Å²) in [6.45, 7) is 0. The Balaban J connectivity index is 2.25. The average Bonchev–Trinajstić information content (AvgIpc) is 2.71. The topological polar surface area (TPSA) is 54.0 Å². The molecule has 0 aliphatic rings. The van der Waals surface area contributed by atoms with Crippen LogP contribution in [0, 0.1) is 0 Å². The lowest BCUT2D eigenvalue weighted by Gasteiger charge is -2.16. The van der Waals surface area contributed by atoms with Crippen LogP contribution in [0.25, 0.3) is 10.8 Å². The van der Waals surface area contributed by atoms with Crippen LogP contribution in [0.5, 0.6) is 23.0 Å². The number of ether oxygens (including phenoxy) is 4. The molecule has 0 aliphatic heterocycles. The molecule has 140 valence electrons. The van der Waals surface area contributed by atoms with Crippen LogP contribution in [0.4, 0.5) is 0 Å². The maximum atomic E-state index is 13.4. The first kappa shape index (κ1) is 19.0. The number of rotatable bonds is 6. The van der Waals surface area contributed by atoms with Crippen molar-refractivity contribution in [1.82, 2.24) is 0 Å². The van der Waals surface area contributed by atoms with E-state index >= 15 is 0 Å². The van der Waals surface area contributed by atoms with Crippen molar-refractivity contribution >= 4 is 32.5 Å². The fourth-order valence-corrected chi connectivity index (χ4v) is 3.55. The highest BCUT2D eigenvalue weighted by Gasteiger charge is 2.23. The molecule has 3 aromatic rings. The van der Waals surface area contributed by atoms with Crippen LogP contribution in [-0.4, -0.2) is 34.2 Å². The van der Waals surface area contributed by atoms with Gasteiger partial charge in [0, 0.05) is 20.8 Å². The third-order valence-electron chi connectivity index (χ3n) is 4.34. The Morgan fingerprint density at radius 3 is 1.89 bits per heavy atom. The Kier molecular flexibility index (Phi) is 5.56. The van der Waals surface area contributed by atoms with Crippen molar-refractivity contribution in [1.29, 1.82) is 0 Å². The van der Waals surface area contributed by atoms with E-state index in [0.29, 0.717) is 38.6 Å².